The Balaban J connectivity index is 1.74. The van der Waals surface area contributed by atoms with Crippen LogP contribution in [0.2, 0.25) is 0 Å². The summed E-state index contributed by atoms with van der Waals surface area (Å²) in [6.07, 6.45) is 4.82. The van der Waals surface area contributed by atoms with E-state index < -0.39 is 0 Å². The number of hydrogen-bond acceptors (Lipinski definition) is 3. The molecule has 0 spiro atoms. The molecule has 1 saturated carbocycles. The van der Waals surface area contributed by atoms with Gasteiger partial charge in [-0.2, -0.15) is 0 Å². The van der Waals surface area contributed by atoms with E-state index in [0.717, 1.165) is 51.9 Å². The topological polar surface area (TPSA) is 38.7 Å². The van der Waals surface area contributed by atoms with E-state index in [4.69, 9.17) is 9.47 Å². The van der Waals surface area contributed by atoms with E-state index in [-0.39, 0.29) is 6.10 Å². The van der Waals surface area contributed by atoms with Gasteiger partial charge in [0, 0.05) is 26.9 Å². The molecule has 0 radical (unpaired) electrons. The molecule has 3 nitrogen and oxygen atoms in total. The van der Waals surface area contributed by atoms with Crippen LogP contribution in [0, 0.1) is 5.92 Å². The quantitative estimate of drug-likeness (QED) is 0.747. The molecule has 0 aliphatic heterocycles. The molecule has 3 heteroatoms. The van der Waals surface area contributed by atoms with Crippen LogP contribution in [-0.4, -0.2) is 38.1 Å². The minimum atomic E-state index is -0.160. The minimum Gasteiger partial charge on any atom is -0.393 e. The number of methoxy groups -OCH3 is 1. The smallest absolute Gasteiger partial charge is 0.0569 e. The lowest BCUT2D eigenvalue weighted by Gasteiger charge is -2.33. The molecule has 0 saturated heterocycles. The Morgan fingerprint density at radius 2 is 1.90 bits per heavy atom. The Bertz CT molecular complexity index is 379. The zero-order valence-corrected chi connectivity index (χ0v) is 13.0. The molecule has 1 aromatic carbocycles. The van der Waals surface area contributed by atoms with E-state index in [1.54, 1.807) is 7.11 Å². The third-order valence-electron chi connectivity index (χ3n) is 4.48. The number of benzene rings is 1. The highest BCUT2D eigenvalue weighted by Crippen LogP contribution is 2.37. The van der Waals surface area contributed by atoms with Gasteiger partial charge in [0.1, 0.15) is 0 Å². The van der Waals surface area contributed by atoms with E-state index in [2.05, 4.69) is 30.3 Å². The molecule has 3 atom stereocenters. The average molecular weight is 292 g/mol. The molecular weight excluding hydrogens is 264 g/mol. The maximum absolute atomic E-state index is 10.2. The van der Waals surface area contributed by atoms with Crippen molar-refractivity contribution >= 4 is 0 Å². The fourth-order valence-corrected chi connectivity index (χ4v) is 3.23. The highest BCUT2D eigenvalue weighted by molar-refractivity contribution is 5.20. The first-order chi connectivity index (χ1) is 10.3. The van der Waals surface area contributed by atoms with Gasteiger partial charge in [-0.1, -0.05) is 30.3 Å². The number of hydrogen-bond donors (Lipinski definition) is 1. The highest BCUT2D eigenvalue weighted by Gasteiger charge is 2.29. The lowest BCUT2D eigenvalue weighted by molar-refractivity contribution is 0.0305. The van der Waals surface area contributed by atoms with Gasteiger partial charge >= 0.3 is 0 Å². The van der Waals surface area contributed by atoms with Crippen LogP contribution in [-0.2, 0) is 9.47 Å². The minimum absolute atomic E-state index is 0.160. The van der Waals surface area contributed by atoms with Crippen molar-refractivity contribution in [2.24, 2.45) is 5.92 Å². The molecule has 1 N–H and O–H groups in total. The summed E-state index contributed by atoms with van der Waals surface area (Å²) in [6, 6.07) is 10.7. The summed E-state index contributed by atoms with van der Waals surface area (Å²) in [5.74, 6) is 0.958. The summed E-state index contributed by atoms with van der Waals surface area (Å²) in [7, 11) is 1.71. The average Bonchev–Trinajstić information content (AvgIpc) is 2.53. The second-order valence-corrected chi connectivity index (χ2v) is 6.00. The van der Waals surface area contributed by atoms with Crippen LogP contribution in [0.3, 0.4) is 0 Å². The Kier molecular flexibility index (Phi) is 7.20. The molecular formula is C18H28O3. The van der Waals surface area contributed by atoms with E-state index in [9.17, 15) is 5.11 Å². The number of aliphatic hydroxyl groups is 1. The maximum Gasteiger partial charge on any atom is 0.0569 e. The molecule has 1 fully saturated rings. The van der Waals surface area contributed by atoms with Crippen LogP contribution in [0.25, 0.3) is 0 Å². The molecule has 118 valence electrons. The summed E-state index contributed by atoms with van der Waals surface area (Å²) in [4.78, 5) is 0. The van der Waals surface area contributed by atoms with Gasteiger partial charge in [0.2, 0.25) is 0 Å². The standard InChI is InChI=1S/C18H28O3/c1-20-11-5-12-21-13-10-17-14-16(8-9-18(17)19)15-6-3-2-4-7-15/h2-4,6-7,16-19H,5,8-14H2,1H3. The molecule has 1 aromatic rings. The van der Waals surface area contributed by atoms with Crippen molar-refractivity contribution in [1.29, 1.82) is 0 Å². The molecule has 3 unspecified atom stereocenters. The van der Waals surface area contributed by atoms with E-state index >= 15 is 0 Å². The third kappa shape index (κ3) is 5.42. The number of aliphatic hydroxyl groups excluding tert-OH is 1. The number of ether oxygens (including phenoxy) is 2. The predicted octanol–water partition coefficient (Wildman–Crippen LogP) is 3.37. The highest BCUT2D eigenvalue weighted by atomic mass is 16.5. The van der Waals surface area contributed by atoms with E-state index in [0.29, 0.717) is 11.8 Å². The largest absolute Gasteiger partial charge is 0.393 e. The SMILES string of the molecule is COCCCOCCC1CC(c2ccccc2)CCC1O. The van der Waals surface area contributed by atoms with Crippen molar-refractivity contribution in [1.82, 2.24) is 0 Å². The van der Waals surface area contributed by atoms with Gasteiger partial charge in [0.15, 0.2) is 0 Å². The monoisotopic (exact) mass is 292 g/mol. The van der Waals surface area contributed by atoms with Gasteiger partial charge in [-0.05, 0) is 49.5 Å². The molecule has 0 heterocycles. The molecule has 0 aromatic heterocycles. The van der Waals surface area contributed by atoms with Gasteiger partial charge in [-0.25, -0.2) is 0 Å². The molecule has 1 aliphatic carbocycles. The van der Waals surface area contributed by atoms with Crippen LogP contribution >= 0.6 is 0 Å². The molecule has 0 amide bonds. The Morgan fingerprint density at radius 1 is 1.10 bits per heavy atom. The maximum atomic E-state index is 10.2. The Hall–Kier alpha value is -0.900. The lowest BCUT2D eigenvalue weighted by atomic mass is 9.75. The van der Waals surface area contributed by atoms with Gasteiger partial charge < -0.3 is 14.6 Å². The first kappa shape index (κ1) is 16.5. The molecule has 1 aliphatic rings. The Morgan fingerprint density at radius 3 is 2.67 bits per heavy atom. The van der Waals surface area contributed by atoms with Crippen LogP contribution in [0.1, 0.15) is 43.6 Å². The molecule has 2 rings (SSSR count). The van der Waals surface area contributed by atoms with Gasteiger partial charge in [-0.3, -0.25) is 0 Å². The Labute approximate surface area is 128 Å². The number of rotatable bonds is 8. The summed E-state index contributed by atoms with van der Waals surface area (Å²) >= 11 is 0. The summed E-state index contributed by atoms with van der Waals surface area (Å²) < 4.78 is 10.6. The van der Waals surface area contributed by atoms with Crippen molar-refractivity contribution in [2.75, 3.05) is 26.9 Å². The van der Waals surface area contributed by atoms with Crippen molar-refractivity contribution < 1.29 is 14.6 Å². The first-order valence-electron chi connectivity index (χ1n) is 8.11. The van der Waals surface area contributed by atoms with Crippen molar-refractivity contribution in [3.63, 3.8) is 0 Å². The zero-order chi connectivity index (χ0) is 14.9. The van der Waals surface area contributed by atoms with E-state index in [1.165, 1.54) is 5.56 Å². The lowest BCUT2D eigenvalue weighted by Crippen LogP contribution is -2.29. The second kappa shape index (κ2) is 9.19. The summed E-state index contributed by atoms with van der Waals surface area (Å²) in [5.41, 5.74) is 1.41. The predicted molar refractivity (Wildman–Crippen MR) is 84.5 cm³/mol. The van der Waals surface area contributed by atoms with Gasteiger partial charge in [-0.15, -0.1) is 0 Å². The van der Waals surface area contributed by atoms with Gasteiger partial charge in [0.25, 0.3) is 0 Å². The van der Waals surface area contributed by atoms with Crippen LogP contribution in [0.5, 0.6) is 0 Å². The van der Waals surface area contributed by atoms with E-state index in [1.807, 2.05) is 0 Å². The summed E-state index contributed by atoms with van der Waals surface area (Å²) in [6.45, 7) is 2.24. The van der Waals surface area contributed by atoms with Crippen molar-refractivity contribution in [2.45, 2.75) is 44.1 Å². The van der Waals surface area contributed by atoms with Crippen molar-refractivity contribution in [3.8, 4) is 0 Å². The fourth-order valence-electron chi connectivity index (χ4n) is 3.23. The van der Waals surface area contributed by atoms with Crippen LogP contribution in [0.4, 0.5) is 0 Å². The second-order valence-electron chi connectivity index (χ2n) is 6.00. The zero-order valence-electron chi connectivity index (χ0n) is 13.0. The van der Waals surface area contributed by atoms with Crippen molar-refractivity contribution in [3.05, 3.63) is 35.9 Å². The third-order valence-corrected chi connectivity index (χ3v) is 4.48. The summed E-state index contributed by atoms with van der Waals surface area (Å²) in [5, 5.41) is 10.2. The van der Waals surface area contributed by atoms with Gasteiger partial charge in [0.05, 0.1) is 6.10 Å². The first-order valence-corrected chi connectivity index (χ1v) is 8.11. The normalized spacial score (nSPS) is 25.9. The van der Waals surface area contributed by atoms with Crippen LogP contribution < -0.4 is 0 Å². The fraction of sp³-hybridized carbons (Fsp3) is 0.667. The molecule has 21 heavy (non-hydrogen) atoms. The van der Waals surface area contributed by atoms with Crippen LogP contribution in [0.15, 0.2) is 30.3 Å². The molecule has 0 bridgehead atoms.